The van der Waals surface area contributed by atoms with Crippen molar-refractivity contribution in [1.29, 1.82) is 0 Å². The lowest BCUT2D eigenvalue weighted by Gasteiger charge is -2.35. The van der Waals surface area contributed by atoms with Crippen molar-refractivity contribution in [3.05, 3.63) is 40.9 Å². The molecule has 1 unspecified atom stereocenters. The van der Waals surface area contributed by atoms with Crippen LogP contribution >= 0.6 is 11.3 Å². The molecule has 2 aromatic rings. The van der Waals surface area contributed by atoms with Crippen molar-refractivity contribution in [3.63, 3.8) is 0 Å². The molecule has 2 amide bonds. The first-order valence-corrected chi connectivity index (χ1v) is 10.6. The highest BCUT2D eigenvalue weighted by Crippen LogP contribution is 2.28. The monoisotopic (exact) mass is 396 g/mol. The molecule has 1 fully saturated rings. The predicted octanol–water partition coefficient (Wildman–Crippen LogP) is 3.94. The van der Waals surface area contributed by atoms with E-state index >= 15 is 0 Å². The summed E-state index contributed by atoms with van der Waals surface area (Å²) >= 11 is 1.52. The van der Waals surface area contributed by atoms with Gasteiger partial charge in [0.2, 0.25) is 11.8 Å². The number of likely N-dealkylation sites (tertiary alicyclic amines) is 1. The first kappa shape index (κ1) is 18.8. The molecule has 1 aliphatic carbocycles. The second-order valence-electron chi connectivity index (χ2n) is 7.33. The van der Waals surface area contributed by atoms with Crippen LogP contribution in [-0.4, -0.2) is 39.5 Å². The largest absolute Gasteiger partial charge is 0.327 e. The van der Waals surface area contributed by atoms with Crippen molar-refractivity contribution in [2.24, 2.45) is 0 Å². The standard InChI is InChI=1S/C21H24N4O2S/c1-14-23-24-20(28-14)16-9-6-10-17(13-16)22-19(26)18-11-4-5-12-25(18)21(27)15-7-2-3-8-15/h6-7,9-10,13,18H,2-5,8,11-12H2,1H3,(H,22,26). The molecule has 7 heteroatoms. The van der Waals surface area contributed by atoms with Gasteiger partial charge in [-0.1, -0.05) is 29.5 Å². The molecule has 2 aliphatic rings. The van der Waals surface area contributed by atoms with Crippen molar-refractivity contribution >= 4 is 28.8 Å². The third-order valence-corrected chi connectivity index (χ3v) is 6.17. The van der Waals surface area contributed by atoms with Crippen molar-refractivity contribution < 1.29 is 9.59 Å². The molecular weight excluding hydrogens is 372 g/mol. The average Bonchev–Trinajstić information content (AvgIpc) is 3.39. The van der Waals surface area contributed by atoms with E-state index in [0.717, 1.165) is 53.3 Å². The lowest BCUT2D eigenvalue weighted by Crippen LogP contribution is -2.50. The Hall–Kier alpha value is -2.54. The lowest BCUT2D eigenvalue weighted by molar-refractivity contribution is -0.137. The Morgan fingerprint density at radius 2 is 2.11 bits per heavy atom. The van der Waals surface area contributed by atoms with E-state index in [0.29, 0.717) is 18.7 Å². The summed E-state index contributed by atoms with van der Waals surface area (Å²) in [6.45, 7) is 2.57. The van der Waals surface area contributed by atoms with Gasteiger partial charge in [-0.15, -0.1) is 10.2 Å². The van der Waals surface area contributed by atoms with Crippen LogP contribution in [0, 0.1) is 6.92 Å². The van der Waals surface area contributed by atoms with Gasteiger partial charge >= 0.3 is 0 Å². The summed E-state index contributed by atoms with van der Waals surface area (Å²) < 4.78 is 0. The van der Waals surface area contributed by atoms with E-state index in [2.05, 4.69) is 15.5 Å². The Morgan fingerprint density at radius 1 is 1.21 bits per heavy atom. The molecule has 0 radical (unpaired) electrons. The van der Waals surface area contributed by atoms with Crippen LogP contribution < -0.4 is 5.32 Å². The number of carbonyl (C=O) groups is 2. The molecular formula is C21H24N4O2S. The Bertz CT molecular complexity index is 921. The number of aromatic nitrogens is 2. The topological polar surface area (TPSA) is 75.2 Å². The van der Waals surface area contributed by atoms with Gasteiger partial charge in [-0.25, -0.2) is 0 Å². The van der Waals surface area contributed by atoms with E-state index in [4.69, 9.17) is 0 Å². The van der Waals surface area contributed by atoms with Gasteiger partial charge in [0.1, 0.15) is 16.1 Å². The first-order valence-electron chi connectivity index (χ1n) is 9.83. The zero-order valence-electron chi connectivity index (χ0n) is 16.0. The molecule has 1 atom stereocenters. The van der Waals surface area contributed by atoms with E-state index in [-0.39, 0.29) is 11.8 Å². The van der Waals surface area contributed by atoms with Gasteiger partial charge < -0.3 is 10.2 Å². The van der Waals surface area contributed by atoms with Gasteiger partial charge in [0.15, 0.2) is 0 Å². The van der Waals surface area contributed by atoms with Crippen LogP contribution in [0.15, 0.2) is 35.9 Å². The highest BCUT2D eigenvalue weighted by atomic mass is 32.1. The molecule has 146 valence electrons. The van der Waals surface area contributed by atoms with Crippen molar-refractivity contribution in [2.45, 2.75) is 51.5 Å². The minimum absolute atomic E-state index is 0.0374. The molecule has 1 aromatic heterocycles. The van der Waals surface area contributed by atoms with E-state index in [9.17, 15) is 9.59 Å². The summed E-state index contributed by atoms with van der Waals surface area (Å²) in [4.78, 5) is 27.6. The van der Waals surface area contributed by atoms with Gasteiger partial charge in [-0.05, 0) is 57.6 Å². The smallest absolute Gasteiger partial charge is 0.250 e. The fourth-order valence-corrected chi connectivity index (χ4v) is 4.55. The van der Waals surface area contributed by atoms with Gasteiger partial charge in [0.25, 0.3) is 0 Å². The van der Waals surface area contributed by atoms with Crippen molar-refractivity contribution in [1.82, 2.24) is 15.1 Å². The van der Waals surface area contributed by atoms with Gasteiger partial charge in [0, 0.05) is 23.4 Å². The number of allylic oxidation sites excluding steroid dienone is 1. The molecule has 1 aromatic carbocycles. The minimum atomic E-state index is -0.407. The van der Waals surface area contributed by atoms with Crippen LogP contribution in [-0.2, 0) is 9.59 Å². The fourth-order valence-electron chi connectivity index (χ4n) is 3.87. The van der Waals surface area contributed by atoms with Crippen LogP contribution in [0.3, 0.4) is 0 Å². The maximum absolute atomic E-state index is 13.0. The summed E-state index contributed by atoms with van der Waals surface area (Å²) in [6, 6.07) is 7.22. The van der Waals surface area contributed by atoms with Crippen LogP contribution in [0.4, 0.5) is 5.69 Å². The highest BCUT2D eigenvalue weighted by Gasteiger charge is 2.33. The molecule has 4 rings (SSSR count). The highest BCUT2D eigenvalue weighted by molar-refractivity contribution is 7.14. The maximum atomic E-state index is 13.0. The number of nitrogens with zero attached hydrogens (tertiary/aromatic N) is 3. The summed E-state index contributed by atoms with van der Waals surface area (Å²) in [7, 11) is 0. The predicted molar refractivity (Wildman–Crippen MR) is 110 cm³/mol. The average molecular weight is 397 g/mol. The molecule has 28 heavy (non-hydrogen) atoms. The Balaban J connectivity index is 1.49. The minimum Gasteiger partial charge on any atom is -0.327 e. The molecule has 0 spiro atoms. The van der Waals surface area contributed by atoms with E-state index < -0.39 is 6.04 Å². The summed E-state index contributed by atoms with van der Waals surface area (Å²) in [5, 5.41) is 13.0. The number of piperidine rings is 1. The van der Waals surface area contributed by atoms with Crippen molar-refractivity contribution in [2.75, 3.05) is 11.9 Å². The zero-order valence-corrected chi connectivity index (χ0v) is 16.8. The summed E-state index contributed by atoms with van der Waals surface area (Å²) in [5.74, 6) is -0.0762. The van der Waals surface area contributed by atoms with Crippen LogP contribution in [0.25, 0.3) is 10.6 Å². The molecule has 1 N–H and O–H groups in total. The lowest BCUT2D eigenvalue weighted by atomic mass is 9.99. The molecule has 1 saturated heterocycles. The molecule has 6 nitrogen and oxygen atoms in total. The number of rotatable bonds is 4. The number of benzene rings is 1. The number of hydrogen-bond acceptors (Lipinski definition) is 5. The Kier molecular flexibility index (Phi) is 5.52. The van der Waals surface area contributed by atoms with E-state index in [1.54, 1.807) is 4.90 Å². The quantitative estimate of drug-likeness (QED) is 0.849. The summed E-state index contributed by atoms with van der Waals surface area (Å²) in [5.41, 5.74) is 2.51. The second kappa shape index (κ2) is 8.22. The van der Waals surface area contributed by atoms with Crippen LogP contribution in [0.5, 0.6) is 0 Å². The number of hydrogen-bond donors (Lipinski definition) is 1. The maximum Gasteiger partial charge on any atom is 0.250 e. The number of aryl methyl sites for hydroxylation is 1. The van der Waals surface area contributed by atoms with Gasteiger partial charge in [-0.3, -0.25) is 9.59 Å². The number of carbonyl (C=O) groups excluding carboxylic acids is 2. The van der Waals surface area contributed by atoms with Crippen molar-refractivity contribution in [3.8, 4) is 10.6 Å². The zero-order chi connectivity index (χ0) is 19.5. The first-order chi connectivity index (χ1) is 13.6. The fraction of sp³-hybridized carbons (Fsp3) is 0.429. The molecule has 1 aliphatic heterocycles. The molecule has 0 saturated carbocycles. The normalized spacial score (nSPS) is 19.4. The number of anilines is 1. The summed E-state index contributed by atoms with van der Waals surface area (Å²) in [6.07, 6.45) is 7.47. The van der Waals surface area contributed by atoms with Gasteiger partial charge in [-0.2, -0.15) is 0 Å². The third kappa shape index (κ3) is 3.99. The Morgan fingerprint density at radius 3 is 2.86 bits per heavy atom. The number of amides is 2. The SMILES string of the molecule is Cc1nnc(-c2cccc(NC(=O)C3CCCCN3C(=O)C3=CCCC3)c2)s1. The van der Waals surface area contributed by atoms with Crippen LogP contribution in [0.2, 0.25) is 0 Å². The second-order valence-corrected chi connectivity index (χ2v) is 8.51. The third-order valence-electron chi connectivity index (χ3n) is 5.29. The van der Waals surface area contributed by atoms with Crippen LogP contribution in [0.1, 0.15) is 43.5 Å². The molecule has 2 heterocycles. The molecule has 0 bridgehead atoms. The Labute approximate surface area is 168 Å². The van der Waals surface area contributed by atoms with E-state index in [1.165, 1.54) is 11.3 Å². The van der Waals surface area contributed by atoms with E-state index in [1.807, 2.05) is 37.3 Å². The van der Waals surface area contributed by atoms with Gasteiger partial charge in [0.05, 0.1) is 0 Å². The number of nitrogens with one attached hydrogen (secondary N) is 1.